The molecule has 6 nitrogen and oxygen atoms in total. The largest absolute Gasteiger partial charge is 0.504 e. The molecular weight excluding hydrogens is 354 g/mol. The summed E-state index contributed by atoms with van der Waals surface area (Å²) < 4.78 is 0. The molecule has 6 heteroatoms. The number of hydrogen-bond donors (Lipinski definition) is 2. The topological polar surface area (TPSA) is 67.2 Å². The zero-order valence-corrected chi connectivity index (χ0v) is 17.6. The van der Waals surface area contributed by atoms with Gasteiger partial charge in [-0.15, -0.1) is 0 Å². The molecule has 0 aliphatic carbocycles. The lowest BCUT2D eigenvalue weighted by molar-refractivity contribution is -0.133. The Balaban J connectivity index is 1.54. The number of rotatable bonds is 4. The first kappa shape index (κ1) is 20.9. The van der Waals surface area contributed by atoms with Gasteiger partial charge in [-0.2, -0.15) is 0 Å². The van der Waals surface area contributed by atoms with Gasteiger partial charge in [-0.05, 0) is 36.3 Å². The van der Waals surface area contributed by atoms with Crippen LogP contribution in [0.4, 0.5) is 0 Å². The summed E-state index contributed by atoms with van der Waals surface area (Å²) in [5.41, 5.74) is 1.69. The molecule has 0 saturated carbocycles. The van der Waals surface area contributed by atoms with E-state index in [0.29, 0.717) is 13.1 Å². The van der Waals surface area contributed by atoms with Gasteiger partial charge in [0, 0.05) is 51.4 Å². The van der Waals surface area contributed by atoms with Gasteiger partial charge in [-0.3, -0.25) is 14.6 Å². The van der Waals surface area contributed by atoms with E-state index in [0.717, 1.165) is 63.2 Å². The van der Waals surface area contributed by atoms with Crippen molar-refractivity contribution >= 4 is 5.91 Å². The lowest BCUT2D eigenvalue weighted by atomic mass is 9.85. The maximum absolute atomic E-state index is 12.5. The number of carbonyl (C=O) groups is 1. The first-order valence-electron chi connectivity index (χ1n) is 10.5. The Hall–Kier alpha value is -1.79. The van der Waals surface area contributed by atoms with E-state index in [1.807, 2.05) is 11.0 Å². The predicted molar refractivity (Wildman–Crippen MR) is 111 cm³/mol. The molecule has 0 spiro atoms. The monoisotopic (exact) mass is 389 g/mol. The van der Waals surface area contributed by atoms with Gasteiger partial charge < -0.3 is 15.1 Å². The van der Waals surface area contributed by atoms with Crippen molar-refractivity contribution in [2.45, 2.75) is 52.0 Å². The zero-order chi connectivity index (χ0) is 20.3. The van der Waals surface area contributed by atoms with E-state index in [9.17, 15) is 15.0 Å². The Kier molecular flexibility index (Phi) is 6.50. The molecule has 1 aromatic rings. The quantitative estimate of drug-likeness (QED) is 0.775. The molecule has 156 valence electrons. The summed E-state index contributed by atoms with van der Waals surface area (Å²) in [4.78, 5) is 19.0. The van der Waals surface area contributed by atoms with Gasteiger partial charge in [0.1, 0.15) is 0 Å². The van der Waals surface area contributed by atoms with Crippen LogP contribution in [0.5, 0.6) is 11.5 Å². The van der Waals surface area contributed by atoms with Crippen molar-refractivity contribution in [3.05, 3.63) is 23.3 Å². The van der Waals surface area contributed by atoms with Crippen LogP contribution in [0.1, 0.15) is 51.2 Å². The SMILES string of the molecule is CC(C)(C)c1cc(O)c(O)c(CN2CCN(CC(=O)N3CCCCC3)CC2)c1. The highest BCUT2D eigenvalue weighted by Gasteiger charge is 2.24. The van der Waals surface area contributed by atoms with Crippen LogP contribution in [-0.4, -0.2) is 76.6 Å². The van der Waals surface area contributed by atoms with Crippen LogP contribution < -0.4 is 0 Å². The fraction of sp³-hybridized carbons (Fsp3) is 0.682. The number of amides is 1. The first-order valence-corrected chi connectivity index (χ1v) is 10.5. The Bertz CT molecular complexity index is 685. The van der Waals surface area contributed by atoms with Crippen LogP contribution >= 0.6 is 0 Å². The fourth-order valence-corrected chi connectivity index (χ4v) is 4.01. The molecule has 1 aromatic carbocycles. The minimum absolute atomic E-state index is 0.0179. The molecular formula is C22H35N3O3. The Morgan fingerprint density at radius 1 is 0.929 bits per heavy atom. The lowest BCUT2D eigenvalue weighted by Crippen LogP contribution is -2.50. The third-order valence-corrected chi connectivity index (χ3v) is 5.96. The van der Waals surface area contributed by atoms with Gasteiger partial charge in [0.2, 0.25) is 5.91 Å². The maximum Gasteiger partial charge on any atom is 0.236 e. The molecule has 2 aliphatic heterocycles. The number of phenolic OH excluding ortho intramolecular Hbond substituents is 2. The number of nitrogens with zero attached hydrogens (tertiary/aromatic N) is 3. The van der Waals surface area contributed by atoms with Gasteiger partial charge in [0.05, 0.1) is 6.54 Å². The van der Waals surface area contributed by atoms with E-state index in [1.54, 1.807) is 6.07 Å². The van der Waals surface area contributed by atoms with Gasteiger partial charge in [-0.25, -0.2) is 0 Å². The highest BCUT2D eigenvalue weighted by Crippen LogP contribution is 2.35. The molecule has 1 amide bonds. The Morgan fingerprint density at radius 3 is 2.14 bits per heavy atom. The second-order valence-electron chi connectivity index (χ2n) is 9.25. The van der Waals surface area contributed by atoms with E-state index < -0.39 is 0 Å². The van der Waals surface area contributed by atoms with Crippen molar-refractivity contribution in [1.29, 1.82) is 0 Å². The summed E-state index contributed by atoms with van der Waals surface area (Å²) in [6.45, 7) is 12.6. The number of carbonyl (C=O) groups excluding carboxylic acids is 1. The number of benzene rings is 1. The van der Waals surface area contributed by atoms with E-state index in [4.69, 9.17) is 0 Å². The fourth-order valence-electron chi connectivity index (χ4n) is 4.01. The highest BCUT2D eigenvalue weighted by molar-refractivity contribution is 5.78. The van der Waals surface area contributed by atoms with Gasteiger partial charge in [-0.1, -0.05) is 26.8 Å². The molecule has 3 rings (SSSR count). The van der Waals surface area contributed by atoms with E-state index >= 15 is 0 Å². The van der Waals surface area contributed by atoms with Gasteiger partial charge in [0.25, 0.3) is 0 Å². The van der Waals surface area contributed by atoms with Crippen LogP contribution in [0.2, 0.25) is 0 Å². The maximum atomic E-state index is 12.5. The summed E-state index contributed by atoms with van der Waals surface area (Å²) in [5.74, 6) is 0.192. The number of hydrogen-bond acceptors (Lipinski definition) is 5. The summed E-state index contributed by atoms with van der Waals surface area (Å²) in [6, 6.07) is 3.66. The molecule has 28 heavy (non-hydrogen) atoms. The molecule has 0 bridgehead atoms. The summed E-state index contributed by atoms with van der Waals surface area (Å²) in [6.07, 6.45) is 3.49. The number of aromatic hydroxyl groups is 2. The van der Waals surface area contributed by atoms with Crippen molar-refractivity contribution in [3.8, 4) is 11.5 Å². The second kappa shape index (κ2) is 8.70. The number of likely N-dealkylation sites (tertiary alicyclic amines) is 1. The molecule has 2 saturated heterocycles. The van der Waals surface area contributed by atoms with Crippen molar-refractivity contribution in [1.82, 2.24) is 14.7 Å². The average molecular weight is 390 g/mol. The minimum Gasteiger partial charge on any atom is -0.504 e. The molecule has 0 atom stereocenters. The summed E-state index contributed by atoms with van der Waals surface area (Å²) in [7, 11) is 0. The molecule has 0 radical (unpaired) electrons. The van der Waals surface area contributed by atoms with Crippen LogP contribution in [0.15, 0.2) is 12.1 Å². The van der Waals surface area contributed by atoms with Crippen molar-refractivity contribution in [3.63, 3.8) is 0 Å². The van der Waals surface area contributed by atoms with E-state index in [2.05, 4.69) is 30.6 Å². The van der Waals surface area contributed by atoms with Crippen molar-refractivity contribution in [2.75, 3.05) is 45.8 Å². The normalized spacial score (nSPS) is 19.8. The lowest BCUT2D eigenvalue weighted by Gasteiger charge is -2.36. The highest BCUT2D eigenvalue weighted by atomic mass is 16.3. The second-order valence-corrected chi connectivity index (χ2v) is 9.25. The third-order valence-electron chi connectivity index (χ3n) is 5.96. The third kappa shape index (κ3) is 5.17. The molecule has 0 unspecified atom stereocenters. The number of piperidine rings is 1. The summed E-state index contributed by atoms with van der Waals surface area (Å²) in [5, 5.41) is 20.4. The van der Waals surface area contributed by atoms with Crippen LogP contribution in [0, 0.1) is 0 Å². The van der Waals surface area contributed by atoms with Crippen molar-refractivity contribution in [2.24, 2.45) is 0 Å². The number of phenols is 2. The molecule has 2 fully saturated rings. The van der Waals surface area contributed by atoms with Crippen LogP contribution in [0.3, 0.4) is 0 Å². The van der Waals surface area contributed by atoms with Crippen molar-refractivity contribution < 1.29 is 15.0 Å². The smallest absolute Gasteiger partial charge is 0.236 e. The Labute approximate surface area is 168 Å². The molecule has 0 aromatic heterocycles. The molecule has 2 heterocycles. The van der Waals surface area contributed by atoms with Crippen LogP contribution in [-0.2, 0) is 16.8 Å². The number of piperazine rings is 1. The van der Waals surface area contributed by atoms with Crippen LogP contribution in [0.25, 0.3) is 0 Å². The van der Waals surface area contributed by atoms with E-state index in [-0.39, 0.29) is 22.8 Å². The Morgan fingerprint density at radius 2 is 1.54 bits per heavy atom. The average Bonchev–Trinajstić information content (AvgIpc) is 2.66. The predicted octanol–water partition coefficient (Wildman–Crippen LogP) is 2.53. The minimum atomic E-state index is -0.0898. The molecule has 2 aliphatic rings. The zero-order valence-electron chi connectivity index (χ0n) is 17.6. The van der Waals surface area contributed by atoms with Gasteiger partial charge >= 0.3 is 0 Å². The first-order chi connectivity index (χ1) is 13.2. The van der Waals surface area contributed by atoms with Gasteiger partial charge in [0.15, 0.2) is 11.5 Å². The van der Waals surface area contributed by atoms with E-state index in [1.165, 1.54) is 6.42 Å². The summed E-state index contributed by atoms with van der Waals surface area (Å²) >= 11 is 0. The standard InChI is InChI=1S/C22H35N3O3/c1-22(2,3)18-13-17(21(28)19(26)14-18)15-23-9-11-24(12-10-23)16-20(27)25-7-5-4-6-8-25/h13-14,26,28H,4-12,15-16H2,1-3H3. The molecule has 2 N–H and O–H groups in total.